The molecule has 162 valence electrons. The first-order valence-corrected chi connectivity index (χ1v) is 10.4. The number of benzene rings is 2. The number of hydrogen-bond acceptors (Lipinski definition) is 7. The normalized spacial score (nSPS) is 19.1. The number of aliphatic hydroxyl groups excluding tert-OH is 1. The maximum atomic E-state index is 9.65. The Hall–Kier alpha value is -2.48. The number of methoxy groups -OCH3 is 2. The van der Waals surface area contributed by atoms with Crippen LogP contribution in [0.2, 0.25) is 0 Å². The van der Waals surface area contributed by atoms with Crippen LogP contribution in [0.15, 0.2) is 36.4 Å². The smallest absolute Gasteiger partial charge is 0.231 e. The molecular formula is C23H30N2O5. The zero-order valence-electron chi connectivity index (χ0n) is 17.7. The van der Waals surface area contributed by atoms with Crippen LogP contribution in [0.3, 0.4) is 0 Å². The Morgan fingerprint density at radius 2 is 1.83 bits per heavy atom. The quantitative estimate of drug-likeness (QED) is 0.712. The number of hydrogen-bond donors (Lipinski definition) is 1. The van der Waals surface area contributed by atoms with Gasteiger partial charge in [0, 0.05) is 57.0 Å². The van der Waals surface area contributed by atoms with Gasteiger partial charge in [0.05, 0.1) is 14.2 Å². The minimum Gasteiger partial charge on any atom is -0.497 e. The van der Waals surface area contributed by atoms with E-state index in [1.54, 1.807) is 14.2 Å². The summed E-state index contributed by atoms with van der Waals surface area (Å²) >= 11 is 0. The van der Waals surface area contributed by atoms with E-state index in [0.717, 1.165) is 73.3 Å². The Bertz CT molecular complexity index is 837. The van der Waals surface area contributed by atoms with Gasteiger partial charge in [0.2, 0.25) is 6.79 Å². The Balaban J connectivity index is 1.44. The molecule has 2 heterocycles. The van der Waals surface area contributed by atoms with Crippen molar-refractivity contribution in [2.24, 2.45) is 0 Å². The molecule has 0 bridgehead atoms. The van der Waals surface area contributed by atoms with Gasteiger partial charge >= 0.3 is 0 Å². The molecule has 4 rings (SSSR count). The molecule has 7 heteroatoms. The third kappa shape index (κ3) is 4.64. The fraction of sp³-hybridized carbons (Fsp3) is 0.478. The second-order valence-corrected chi connectivity index (χ2v) is 7.74. The molecular weight excluding hydrogens is 384 g/mol. The number of para-hydroxylation sites is 1. The summed E-state index contributed by atoms with van der Waals surface area (Å²) in [5.41, 5.74) is 2.30. The fourth-order valence-electron chi connectivity index (χ4n) is 4.28. The van der Waals surface area contributed by atoms with Crippen molar-refractivity contribution in [3.05, 3.63) is 47.5 Å². The van der Waals surface area contributed by atoms with Crippen LogP contribution in [-0.4, -0.2) is 68.2 Å². The minimum atomic E-state index is 0.175. The van der Waals surface area contributed by atoms with E-state index in [9.17, 15) is 5.11 Å². The standard InChI is InChI=1S/C23H30N2O5/c1-27-20-10-17(11-21(12-20)28-2)13-25-8-7-24(15-19(25)6-9-26)14-18-4-3-5-22-23(18)30-16-29-22/h3-5,10-12,19,26H,6-9,13-16H2,1-2H3/t19-/m0/s1. The molecule has 2 aromatic rings. The molecule has 0 radical (unpaired) electrons. The second-order valence-electron chi connectivity index (χ2n) is 7.74. The van der Waals surface area contributed by atoms with Crippen molar-refractivity contribution in [3.63, 3.8) is 0 Å². The van der Waals surface area contributed by atoms with Crippen molar-refractivity contribution in [2.45, 2.75) is 25.6 Å². The average molecular weight is 415 g/mol. The lowest BCUT2D eigenvalue weighted by Crippen LogP contribution is -2.52. The summed E-state index contributed by atoms with van der Waals surface area (Å²) in [5, 5.41) is 9.65. The van der Waals surface area contributed by atoms with Gasteiger partial charge in [-0.1, -0.05) is 12.1 Å². The summed E-state index contributed by atoms with van der Waals surface area (Å²) < 4.78 is 22.0. The number of rotatable bonds is 8. The van der Waals surface area contributed by atoms with E-state index in [1.807, 2.05) is 18.2 Å². The summed E-state index contributed by atoms with van der Waals surface area (Å²) in [6.45, 7) is 4.85. The van der Waals surface area contributed by atoms with Crippen molar-refractivity contribution in [2.75, 3.05) is 47.3 Å². The Labute approximate surface area is 177 Å². The summed E-state index contributed by atoms with van der Waals surface area (Å²) in [4.78, 5) is 4.87. The Morgan fingerprint density at radius 3 is 2.57 bits per heavy atom. The highest BCUT2D eigenvalue weighted by Gasteiger charge is 2.28. The lowest BCUT2D eigenvalue weighted by atomic mass is 10.1. The van der Waals surface area contributed by atoms with Gasteiger partial charge in [-0.2, -0.15) is 0 Å². The number of aliphatic hydroxyl groups is 1. The SMILES string of the molecule is COc1cc(CN2CCN(Cc3cccc4c3OCO4)C[C@@H]2CCO)cc(OC)c1. The predicted molar refractivity (Wildman–Crippen MR) is 113 cm³/mol. The van der Waals surface area contributed by atoms with Gasteiger partial charge < -0.3 is 24.1 Å². The van der Waals surface area contributed by atoms with Gasteiger partial charge in [-0.25, -0.2) is 0 Å². The van der Waals surface area contributed by atoms with E-state index in [4.69, 9.17) is 18.9 Å². The van der Waals surface area contributed by atoms with Crippen LogP contribution in [0.5, 0.6) is 23.0 Å². The Morgan fingerprint density at radius 1 is 1.03 bits per heavy atom. The zero-order valence-corrected chi connectivity index (χ0v) is 17.7. The minimum absolute atomic E-state index is 0.175. The molecule has 0 amide bonds. The zero-order chi connectivity index (χ0) is 20.9. The van der Waals surface area contributed by atoms with Crippen LogP contribution in [0.4, 0.5) is 0 Å². The van der Waals surface area contributed by atoms with Crippen LogP contribution in [0, 0.1) is 0 Å². The molecule has 1 atom stereocenters. The van der Waals surface area contributed by atoms with E-state index in [0.29, 0.717) is 0 Å². The van der Waals surface area contributed by atoms with Gasteiger partial charge in [0.15, 0.2) is 11.5 Å². The highest BCUT2D eigenvalue weighted by Crippen LogP contribution is 2.36. The highest BCUT2D eigenvalue weighted by atomic mass is 16.7. The second kappa shape index (κ2) is 9.55. The Kier molecular flexibility index (Phi) is 6.62. The summed E-state index contributed by atoms with van der Waals surface area (Å²) in [5.74, 6) is 3.27. The molecule has 0 aromatic heterocycles. The van der Waals surface area contributed by atoms with Crippen molar-refractivity contribution in [1.82, 2.24) is 9.80 Å². The third-order valence-electron chi connectivity index (χ3n) is 5.82. The highest BCUT2D eigenvalue weighted by molar-refractivity contribution is 5.48. The fourth-order valence-corrected chi connectivity index (χ4v) is 4.28. The van der Waals surface area contributed by atoms with Crippen LogP contribution in [0.1, 0.15) is 17.5 Å². The molecule has 0 spiro atoms. The molecule has 1 fully saturated rings. The van der Waals surface area contributed by atoms with Gasteiger partial charge in [-0.3, -0.25) is 9.80 Å². The molecule has 30 heavy (non-hydrogen) atoms. The first kappa shape index (κ1) is 20.8. The monoisotopic (exact) mass is 414 g/mol. The van der Waals surface area contributed by atoms with E-state index in [-0.39, 0.29) is 19.4 Å². The molecule has 0 aliphatic carbocycles. The third-order valence-corrected chi connectivity index (χ3v) is 5.82. The molecule has 2 aromatic carbocycles. The molecule has 2 aliphatic heterocycles. The van der Waals surface area contributed by atoms with Crippen molar-refractivity contribution >= 4 is 0 Å². The van der Waals surface area contributed by atoms with Crippen LogP contribution >= 0.6 is 0 Å². The largest absolute Gasteiger partial charge is 0.497 e. The molecule has 1 N–H and O–H groups in total. The first-order valence-electron chi connectivity index (χ1n) is 10.4. The number of fused-ring (bicyclic) bond motifs is 1. The molecule has 0 saturated carbocycles. The topological polar surface area (TPSA) is 63.6 Å². The average Bonchev–Trinajstić information content (AvgIpc) is 3.25. The molecule has 2 aliphatic rings. The number of nitrogens with zero attached hydrogens (tertiary/aromatic N) is 2. The number of piperazine rings is 1. The van der Waals surface area contributed by atoms with Crippen LogP contribution < -0.4 is 18.9 Å². The maximum absolute atomic E-state index is 9.65. The summed E-state index contributed by atoms with van der Waals surface area (Å²) in [7, 11) is 3.34. The number of ether oxygens (including phenoxy) is 4. The van der Waals surface area contributed by atoms with Crippen LogP contribution in [0.25, 0.3) is 0 Å². The van der Waals surface area contributed by atoms with Crippen LogP contribution in [-0.2, 0) is 13.1 Å². The first-order chi connectivity index (χ1) is 14.7. The van der Waals surface area contributed by atoms with E-state index in [2.05, 4.69) is 28.0 Å². The van der Waals surface area contributed by atoms with Crippen molar-refractivity contribution in [3.8, 4) is 23.0 Å². The predicted octanol–water partition coefficient (Wildman–Crippen LogP) is 2.50. The summed E-state index contributed by atoms with van der Waals surface area (Å²) in [6.07, 6.45) is 0.740. The van der Waals surface area contributed by atoms with Gasteiger partial charge in [-0.05, 0) is 30.2 Å². The molecule has 0 unspecified atom stereocenters. The molecule has 1 saturated heterocycles. The summed E-state index contributed by atoms with van der Waals surface area (Å²) in [6, 6.07) is 12.3. The van der Waals surface area contributed by atoms with E-state index >= 15 is 0 Å². The van der Waals surface area contributed by atoms with Gasteiger partial charge in [0.1, 0.15) is 11.5 Å². The van der Waals surface area contributed by atoms with Gasteiger partial charge in [-0.15, -0.1) is 0 Å². The van der Waals surface area contributed by atoms with E-state index in [1.165, 1.54) is 0 Å². The van der Waals surface area contributed by atoms with Gasteiger partial charge in [0.25, 0.3) is 0 Å². The van der Waals surface area contributed by atoms with Crippen molar-refractivity contribution in [1.29, 1.82) is 0 Å². The van der Waals surface area contributed by atoms with E-state index < -0.39 is 0 Å². The molecule has 7 nitrogen and oxygen atoms in total. The van der Waals surface area contributed by atoms with Crippen molar-refractivity contribution < 1.29 is 24.1 Å². The maximum Gasteiger partial charge on any atom is 0.231 e. The lowest BCUT2D eigenvalue weighted by Gasteiger charge is -2.41. The lowest BCUT2D eigenvalue weighted by molar-refractivity contribution is 0.0494.